The fourth-order valence-electron chi connectivity index (χ4n) is 2.12. The van der Waals surface area contributed by atoms with Crippen LogP contribution in [-0.2, 0) is 0 Å². The number of halogens is 1. The van der Waals surface area contributed by atoms with Gasteiger partial charge in [0, 0.05) is 15.7 Å². The molecule has 0 aromatic heterocycles. The number of amides is 1. The molecule has 0 bridgehead atoms. The van der Waals surface area contributed by atoms with Crippen LogP contribution in [0.1, 0.15) is 34.5 Å². The van der Waals surface area contributed by atoms with Crippen molar-refractivity contribution in [2.24, 2.45) is 0 Å². The highest BCUT2D eigenvalue weighted by Crippen LogP contribution is 2.23. The van der Waals surface area contributed by atoms with Crippen LogP contribution in [0.2, 0.25) is 0 Å². The molecule has 3 N–H and O–H groups in total. The van der Waals surface area contributed by atoms with Crippen molar-refractivity contribution in [3.05, 3.63) is 63.6 Å². The van der Waals surface area contributed by atoms with E-state index in [2.05, 4.69) is 21.2 Å². The summed E-state index contributed by atoms with van der Waals surface area (Å²) in [5.41, 5.74) is 8.94. The van der Waals surface area contributed by atoms with Crippen LogP contribution in [-0.4, -0.2) is 5.91 Å². The van der Waals surface area contributed by atoms with Crippen molar-refractivity contribution in [3.8, 4) is 0 Å². The van der Waals surface area contributed by atoms with Crippen LogP contribution in [0.15, 0.2) is 46.9 Å². The minimum absolute atomic E-state index is 0.0740. The van der Waals surface area contributed by atoms with Gasteiger partial charge in [0.15, 0.2) is 0 Å². The van der Waals surface area contributed by atoms with Crippen molar-refractivity contribution < 1.29 is 4.79 Å². The van der Waals surface area contributed by atoms with Gasteiger partial charge in [0.05, 0.1) is 6.04 Å². The molecule has 0 aliphatic carbocycles. The van der Waals surface area contributed by atoms with E-state index in [1.807, 2.05) is 38.1 Å². The molecule has 0 heterocycles. The van der Waals surface area contributed by atoms with Crippen LogP contribution >= 0.6 is 15.9 Å². The van der Waals surface area contributed by atoms with Crippen molar-refractivity contribution in [2.75, 3.05) is 5.73 Å². The normalized spacial score (nSPS) is 11.9. The highest BCUT2D eigenvalue weighted by molar-refractivity contribution is 9.10. The number of rotatable bonds is 3. The quantitative estimate of drug-likeness (QED) is 0.839. The lowest BCUT2D eigenvalue weighted by molar-refractivity contribution is 0.0939. The molecule has 2 aromatic carbocycles. The first-order valence-corrected chi connectivity index (χ1v) is 7.19. The number of aryl methyl sites for hydroxylation is 1. The molecule has 4 heteroatoms. The summed E-state index contributed by atoms with van der Waals surface area (Å²) in [6, 6.07) is 13.1. The van der Waals surface area contributed by atoms with E-state index in [9.17, 15) is 4.79 Å². The summed E-state index contributed by atoms with van der Waals surface area (Å²) in [6.07, 6.45) is 0. The fraction of sp³-hybridized carbons (Fsp3) is 0.188. The van der Waals surface area contributed by atoms with E-state index in [0.29, 0.717) is 11.3 Å². The first-order valence-electron chi connectivity index (χ1n) is 6.40. The van der Waals surface area contributed by atoms with Crippen LogP contribution in [0.3, 0.4) is 0 Å². The minimum atomic E-state index is -0.0919. The Hall–Kier alpha value is -1.81. The molecule has 0 spiro atoms. The van der Waals surface area contributed by atoms with Crippen LogP contribution in [0, 0.1) is 6.92 Å². The third-order valence-electron chi connectivity index (χ3n) is 3.21. The molecular formula is C16H17BrN2O. The summed E-state index contributed by atoms with van der Waals surface area (Å²) < 4.78 is 0.988. The molecule has 0 aliphatic rings. The Bertz CT molecular complexity index is 640. The van der Waals surface area contributed by atoms with Gasteiger partial charge in [0.1, 0.15) is 0 Å². The summed E-state index contributed by atoms with van der Waals surface area (Å²) in [7, 11) is 0. The molecule has 1 atom stereocenters. The number of carbonyl (C=O) groups is 1. The highest BCUT2D eigenvalue weighted by atomic mass is 79.9. The van der Waals surface area contributed by atoms with Crippen molar-refractivity contribution >= 4 is 27.5 Å². The lowest BCUT2D eigenvalue weighted by Crippen LogP contribution is -2.27. The number of nitrogens with one attached hydrogen (secondary N) is 1. The van der Waals surface area contributed by atoms with Crippen molar-refractivity contribution in [2.45, 2.75) is 19.9 Å². The summed E-state index contributed by atoms with van der Waals surface area (Å²) in [5, 5.41) is 3.00. The van der Waals surface area contributed by atoms with Crippen molar-refractivity contribution in [3.63, 3.8) is 0 Å². The molecule has 0 fully saturated rings. The Labute approximate surface area is 127 Å². The standard InChI is InChI=1S/C16H17BrN2O/c1-10-9-12(18)7-8-13(10)16(20)19-11(2)14-5-3-4-6-15(14)17/h3-9,11H,18H2,1-2H3,(H,19,20). The molecule has 20 heavy (non-hydrogen) atoms. The molecule has 0 radical (unpaired) electrons. The third-order valence-corrected chi connectivity index (χ3v) is 3.94. The average Bonchev–Trinajstić information content (AvgIpc) is 2.38. The van der Waals surface area contributed by atoms with E-state index in [-0.39, 0.29) is 11.9 Å². The number of anilines is 1. The van der Waals surface area contributed by atoms with E-state index in [1.54, 1.807) is 18.2 Å². The zero-order valence-corrected chi connectivity index (χ0v) is 13.1. The van der Waals surface area contributed by atoms with Gasteiger partial charge < -0.3 is 11.1 Å². The van der Waals surface area contributed by atoms with Gasteiger partial charge in [-0.2, -0.15) is 0 Å². The molecule has 2 aromatic rings. The predicted molar refractivity (Wildman–Crippen MR) is 85.6 cm³/mol. The Kier molecular flexibility index (Phi) is 4.45. The summed E-state index contributed by atoms with van der Waals surface area (Å²) in [4.78, 5) is 12.3. The van der Waals surface area contributed by atoms with E-state index >= 15 is 0 Å². The van der Waals surface area contributed by atoms with Gasteiger partial charge in [0.2, 0.25) is 0 Å². The second-order valence-electron chi connectivity index (χ2n) is 4.79. The Morgan fingerprint density at radius 3 is 2.60 bits per heavy atom. The SMILES string of the molecule is Cc1cc(N)ccc1C(=O)NC(C)c1ccccc1Br. The Morgan fingerprint density at radius 2 is 1.95 bits per heavy atom. The number of nitrogens with two attached hydrogens (primary N) is 1. The molecule has 104 valence electrons. The second kappa shape index (κ2) is 6.09. The summed E-state index contributed by atoms with van der Waals surface area (Å²) in [5.74, 6) is -0.0919. The van der Waals surface area contributed by atoms with Crippen molar-refractivity contribution in [1.29, 1.82) is 0 Å². The second-order valence-corrected chi connectivity index (χ2v) is 5.65. The zero-order valence-electron chi connectivity index (χ0n) is 11.5. The summed E-state index contributed by atoms with van der Waals surface area (Å²) >= 11 is 3.50. The third kappa shape index (κ3) is 3.20. The van der Waals surface area contributed by atoms with Gasteiger partial charge >= 0.3 is 0 Å². The molecule has 0 saturated heterocycles. The molecule has 0 saturated carbocycles. The Morgan fingerprint density at radius 1 is 1.25 bits per heavy atom. The van der Waals surface area contributed by atoms with Crippen LogP contribution in [0.4, 0.5) is 5.69 Å². The average molecular weight is 333 g/mol. The number of carbonyl (C=O) groups excluding carboxylic acids is 1. The lowest BCUT2D eigenvalue weighted by Gasteiger charge is -2.16. The van der Waals surface area contributed by atoms with E-state index in [4.69, 9.17) is 5.73 Å². The smallest absolute Gasteiger partial charge is 0.252 e. The Balaban J connectivity index is 2.17. The topological polar surface area (TPSA) is 55.1 Å². The van der Waals surface area contributed by atoms with Gasteiger partial charge in [0.25, 0.3) is 5.91 Å². The van der Waals surface area contributed by atoms with Crippen LogP contribution in [0.25, 0.3) is 0 Å². The predicted octanol–water partition coefficient (Wildman–Crippen LogP) is 3.83. The molecule has 1 amide bonds. The van der Waals surface area contributed by atoms with Crippen LogP contribution in [0.5, 0.6) is 0 Å². The number of benzene rings is 2. The monoisotopic (exact) mass is 332 g/mol. The first kappa shape index (κ1) is 14.6. The number of hydrogen-bond donors (Lipinski definition) is 2. The van der Waals surface area contributed by atoms with E-state index in [0.717, 1.165) is 15.6 Å². The fourth-order valence-corrected chi connectivity index (χ4v) is 2.75. The lowest BCUT2D eigenvalue weighted by atomic mass is 10.1. The molecule has 1 unspecified atom stereocenters. The summed E-state index contributed by atoms with van der Waals surface area (Å²) in [6.45, 7) is 3.85. The van der Waals surface area contributed by atoms with Crippen molar-refractivity contribution in [1.82, 2.24) is 5.32 Å². The maximum atomic E-state index is 12.3. The highest BCUT2D eigenvalue weighted by Gasteiger charge is 2.14. The molecule has 0 aliphatic heterocycles. The van der Waals surface area contributed by atoms with Crippen LogP contribution < -0.4 is 11.1 Å². The maximum Gasteiger partial charge on any atom is 0.252 e. The number of nitrogen functional groups attached to an aromatic ring is 1. The largest absolute Gasteiger partial charge is 0.399 e. The van der Waals surface area contributed by atoms with Gasteiger partial charge in [-0.05, 0) is 49.2 Å². The molecule has 3 nitrogen and oxygen atoms in total. The molecule has 2 rings (SSSR count). The van der Waals surface area contributed by atoms with Gasteiger partial charge in [-0.25, -0.2) is 0 Å². The minimum Gasteiger partial charge on any atom is -0.399 e. The number of hydrogen-bond acceptors (Lipinski definition) is 2. The molecular weight excluding hydrogens is 316 g/mol. The van der Waals surface area contributed by atoms with E-state index in [1.165, 1.54) is 0 Å². The van der Waals surface area contributed by atoms with Gasteiger partial charge in [-0.15, -0.1) is 0 Å². The van der Waals surface area contributed by atoms with Gasteiger partial charge in [-0.3, -0.25) is 4.79 Å². The van der Waals surface area contributed by atoms with E-state index < -0.39 is 0 Å². The zero-order chi connectivity index (χ0) is 14.7. The van der Waals surface area contributed by atoms with Gasteiger partial charge in [-0.1, -0.05) is 34.1 Å². The first-order chi connectivity index (χ1) is 9.49. The maximum absolute atomic E-state index is 12.3.